The van der Waals surface area contributed by atoms with Gasteiger partial charge in [0.25, 0.3) is 5.91 Å². The van der Waals surface area contributed by atoms with Gasteiger partial charge in [0.2, 0.25) is 5.91 Å². The van der Waals surface area contributed by atoms with Crippen LogP contribution >= 0.6 is 23.2 Å². The van der Waals surface area contributed by atoms with Crippen molar-refractivity contribution in [2.75, 3.05) is 18.9 Å². The molecule has 3 aromatic rings. The quantitative estimate of drug-likeness (QED) is 0.674. The Morgan fingerprint density at radius 2 is 1.81 bits per heavy atom. The predicted molar refractivity (Wildman–Crippen MR) is 106 cm³/mol. The molecule has 2 aromatic carbocycles. The van der Waals surface area contributed by atoms with E-state index in [1.807, 2.05) is 12.1 Å². The molecule has 0 radical (unpaired) electrons. The van der Waals surface area contributed by atoms with Crippen LogP contribution in [0.2, 0.25) is 10.0 Å². The van der Waals surface area contributed by atoms with Gasteiger partial charge in [-0.15, -0.1) is 0 Å². The lowest BCUT2D eigenvalue weighted by Crippen LogP contribution is -2.35. The molecule has 0 aliphatic heterocycles. The second-order valence-corrected chi connectivity index (χ2v) is 6.71. The monoisotopic (exact) mass is 402 g/mol. The number of para-hydroxylation sites is 1. The largest absolute Gasteiger partial charge is 0.331 e. The maximum atomic E-state index is 12.5. The molecule has 0 bridgehead atoms. The van der Waals surface area contributed by atoms with Gasteiger partial charge < -0.3 is 10.2 Å². The molecule has 138 valence electrons. The average molecular weight is 403 g/mol. The molecule has 0 spiro atoms. The number of anilines is 1. The van der Waals surface area contributed by atoms with E-state index in [9.17, 15) is 9.59 Å². The van der Waals surface area contributed by atoms with Crippen molar-refractivity contribution in [3.05, 3.63) is 70.3 Å². The maximum Gasteiger partial charge on any atom is 0.272 e. The Bertz CT molecular complexity index is 970. The van der Waals surface area contributed by atoms with E-state index in [0.717, 1.165) is 5.56 Å². The first-order chi connectivity index (χ1) is 12.9. The third-order valence-corrected chi connectivity index (χ3v) is 4.41. The van der Waals surface area contributed by atoms with Gasteiger partial charge in [0.1, 0.15) is 5.69 Å². The minimum absolute atomic E-state index is 0.126. The lowest BCUT2D eigenvalue weighted by Gasteiger charge is -2.16. The van der Waals surface area contributed by atoms with Crippen LogP contribution in [0.1, 0.15) is 10.5 Å². The number of nitrogens with one attached hydrogen (secondary N) is 2. The van der Waals surface area contributed by atoms with Crippen LogP contribution in [0.5, 0.6) is 0 Å². The van der Waals surface area contributed by atoms with Crippen LogP contribution in [0.3, 0.4) is 0 Å². The number of rotatable bonds is 5. The van der Waals surface area contributed by atoms with Gasteiger partial charge in [-0.25, -0.2) is 0 Å². The second kappa shape index (κ2) is 8.24. The molecule has 0 saturated carbocycles. The molecule has 0 atom stereocenters. The SMILES string of the molecule is CN(CC(=O)Nc1ccccc1Cl)C(=O)c1cc(-c2ccc(Cl)cc2)n[nH]1. The number of H-pyrrole nitrogens is 1. The van der Waals surface area contributed by atoms with Crippen LogP contribution in [-0.4, -0.2) is 40.5 Å². The van der Waals surface area contributed by atoms with Gasteiger partial charge in [0, 0.05) is 17.6 Å². The summed E-state index contributed by atoms with van der Waals surface area (Å²) in [5, 5.41) is 10.6. The number of likely N-dealkylation sites (N-methyl/N-ethyl adjacent to an activating group) is 1. The number of carbonyl (C=O) groups excluding carboxylic acids is 2. The van der Waals surface area contributed by atoms with E-state index in [4.69, 9.17) is 23.2 Å². The lowest BCUT2D eigenvalue weighted by molar-refractivity contribution is -0.116. The minimum atomic E-state index is -0.351. The summed E-state index contributed by atoms with van der Waals surface area (Å²) in [4.78, 5) is 26.0. The Labute approximate surface area is 166 Å². The number of hydrogen-bond acceptors (Lipinski definition) is 3. The number of halogens is 2. The fourth-order valence-electron chi connectivity index (χ4n) is 2.44. The van der Waals surface area contributed by atoms with Crippen molar-refractivity contribution in [2.24, 2.45) is 0 Å². The van der Waals surface area contributed by atoms with Crippen LogP contribution in [0.15, 0.2) is 54.6 Å². The van der Waals surface area contributed by atoms with Crippen molar-refractivity contribution in [3.8, 4) is 11.3 Å². The summed E-state index contributed by atoms with van der Waals surface area (Å²) in [7, 11) is 1.54. The van der Waals surface area contributed by atoms with Crippen molar-refractivity contribution in [2.45, 2.75) is 0 Å². The smallest absolute Gasteiger partial charge is 0.272 e. The fourth-order valence-corrected chi connectivity index (χ4v) is 2.75. The summed E-state index contributed by atoms with van der Waals surface area (Å²) in [5.74, 6) is -0.701. The molecule has 0 aliphatic carbocycles. The number of carbonyl (C=O) groups is 2. The number of nitrogens with zero attached hydrogens (tertiary/aromatic N) is 2. The molecule has 0 aliphatic rings. The minimum Gasteiger partial charge on any atom is -0.331 e. The topological polar surface area (TPSA) is 78.1 Å². The predicted octanol–water partition coefficient (Wildman–Crippen LogP) is 4.09. The van der Waals surface area contributed by atoms with Gasteiger partial charge in [0.05, 0.1) is 22.9 Å². The third-order valence-electron chi connectivity index (χ3n) is 3.82. The summed E-state index contributed by atoms with van der Waals surface area (Å²) >= 11 is 11.9. The van der Waals surface area contributed by atoms with Gasteiger partial charge >= 0.3 is 0 Å². The van der Waals surface area contributed by atoms with Crippen LogP contribution in [0, 0.1) is 0 Å². The molecule has 0 saturated heterocycles. The fraction of sp³-hybridized carbons (Fsp3) is 0.105. The standard InChI is InChI=1S/C19H16Cl2N4O2/c1-25(11-18(26)22-15-5-3-2-4-14(15)21)19(27)17-10-16(23-24-17)12-6-8-13(20)9-7-12/h2-10H,11H2,1H3,(H,22,26)(H,23,24). The third kappa shape index (κ3) is 4.67. The first-order valence-corrected chi connectivity index (χ1v) is 8.81. The molecule has 2 amide bonds. The van der Waals surface area contributed by atoms with Crippen molar-refractivity contribution in [1.29, 1.82) is 0 Å². The molecular formula is C19H16Cl2N4O2. The van der Waals surface area contributed by atoms with Gasteiger partial charge in [-0.1, -0.05) is 47.5 Å². The molecule has 6 nitrogen and oxygen atoms in total. The zero-order chi connectivity index (χ0) is 19.4. The molecule has 8 heteroatoms. The second-order valence-electron chi connectivity index (χ2n) is 5.86. The van der Waals surface area contributed by atoms with Crippen molar-refractivity contribution < 1.29 is 9.59 Å². The van der Waals surface area contributed by atoms with Gasteiger partial charge in [-0.3, -0.25) is 14.7 Å². The van der Waals surface area contributed by atoms with Crippen LogP contribution in [0.25, 0.3) is 11.3 Å². The average Bonchev–Trinajstić information content (AvgIpc) is 3.13. The summed E-state index contributed by atoms with van der Waals surface area (Å²) < 4.78 is 0. The van der Waals surface area contributed by atoms with Crippen LogP contribution < -0.4 is 5.32 Å². The molecule has 0 fully saturated rings. The summed E-state index contributed by atoms with van der Waals surface area (Å²) in [5.41, 5.74) is 2.22. The first kappa shape index (κ1) is 18.9. The highest BCUT2D eigenvalue weighted by atomic mass is 35.5. The van der Waals surface area contributed by atoms with Crippen molar-refractivity contribution in [1.82, 2.24) is 15.1 Å². The molecule has 1 aromatic heterocycles. The van der Waals surface area contributed by atoms with E-state index in [1.54, 1.807) is 42.5 Å². The maximum absolute atomic E-state index is 12.5. The summed E-state index contributed by atoms with van der Waals surface area (Å²) in [6.45, 7) is -0.126. The van der Waals surface area contributed by atoms with Crippen molar-refractivity contribution >= 4 is 40.7 Å². The zero-order valence-corrected chi connectivity index (χ0v) is 15.9. The van der Waals surface area contributed by atoms with E-state index < -0.39 is 0 Å². The Balaban J connectivity index is 1.64. The van der Waals surface area contributed by atoms with E-state index in [2.05, 4.69) is 15.5 Å². The number of aromatic nitrogens is 2. The molecule has 27 heavy (non-hydrogen) atoms. The van der Waals surface area contributed by atoms with Gasteiger partial charge in [-0.05, 0) is 30.3 Å². The number of amides is 2. The van der Waals surface area contributed by atoms with E-state index in [-0.39, 0.29) is 24.1 Å². The molecule has 1 heterocycles. The molecule has 3 rings (SSSR count). The van der Waals surface area contributed by atoms with Crippen molar-refractivity contribution in [3.63, 3.8) is 0 Å². The normalized spacial score (nSPS) is 10.5. The van der Waals surface area contributed by atoms with Crippen LogP contribution in [0.4, 0.5) is 5.69 Å². The molecule has 0 unspecified atom stereocenters. The summed E-state index contributed by atoms with van der Waals surface area (Å²) in [6.07, 6.45) is 0. The highest BCUT2D eigenvalue weighted by molar-refractivity contribution is 6.33. The number of hydrogen-bond donors (Lipinski definition) is 2. The van der Waals surface area contributed by atoms with E-state index in [0.29, 0.717) is 21.4 Å². The molecule has 2 N–H and O–H groups in total. The van der Waals surface area contributed by atoms with Gasteiger partial charge in [0.15, 0.2) is 0 Å². The summed E-state index contributed by atoms with van der Waals surface area (Å²) in [6, 6.07) is 15.7. The van der Waals surface area contributed by atoms with E-state index >= 15 is 0 Å². The highest BCUT2D eigenvalue weighted by Crippen LogP contribution is 2.21. The highest BCUT2D eigenvalue weighted by Gasteiger charge is 2.18. The zero-order valence-electron chi connectivity index (χ0n) is 14.4. The lowest BCUT2D eigenvalue weighted by atomic mass is 10.1. The Kier molecular flexibility index (Phi) is 5.78. The Morgan fingerprint density at radius 3 is 2.52 bits per heavy atom. The van der Waals surface area contributed by atoms with Gasteiger partial charge in [-0.2, -0.15) is 5.10 Å². The van der Waals surface area contributed by atoms with Crippen LogP contribution in [-0.2, 0) is 4.79 Å². The first-order valence-electron chi connectivity index (χ1n) is 8.05. The molecular weight excluding hydrogens is 387 g/mol. The number of aromatic amines is 1. The number of benzene rings is 2. The van der Waals surface area contributed by atoms with E-state index in [1.165, 1.54) is 11.9 Å². The Morgan fingerprint density at radius 1 is 1.11 bits per heavy atom. The Hall–Kier alpha value is -2.83.